The van der Waals surface area contributed by atoms with Crippen LogP contribution in [0.25, 0.3) is 0 Å². The molecule has 0 radical (unpaired) electrons. The Morgan fingerprint density at radius 2 is 2.10 bits per heavy atom. The number of halogens is 1. The number of rotatable bonds is 5. The molecule has 106 valence electrons. The van der Waals surface area contributed by atoms with Crippen LogP contribution in [0.4, 0.5) is 4.39 Å². The number of methoxy groups -OCH3 is 1. The summed E-state index contributed by atoms with van der Waals surface area (Å²) in [5, 5.41) is 9.36. The van der Waals surface area contributed by atoms with Crippen molar-refractivity contribution in [2.75, 3.05) is 7.11 Å². The second-order valence-corrected chi connectivity index (χ2v) is 4.32. The Labute approximate surface area is 116 Å². The van der Waals surface area contributed by atoms with Crippen molar-refractivity contribution in [3.05, 3.63) is 53.5 Å². The van der Waals surface area contributed by atoms with Gasteiger partial charge >= 0.3 is 0 Å². The zero-order valence-corrected chi connectivity index (χ0v) is 11.3. The molecule has 20 heavy (non-hydrogen) atoms. The van der Waals surface area contributed by atoms with E-state index in [1.807, 2.05) is 6.07 Å². The number of benzene rings is 1. The van der Waals surface area contributed by atoms with Gasteiger partial charge in [0.25, 0.3) is 0 Å². The molecular formula is C15H16FNO3. The average Bonchev–Trinajstić information content (AvgIpc) is 2.45. The summed E-state index contributed by atoms with van der Waals surface area (Å²) in [6.45, 7) is 1.73. The molecule has 0 unspecified atom stereocenters. The largest absolute Gasteiger partial charge is 0.487 e. The van der Waals surface area contributed by atoms with Crippen molar-refractivity contribution in [1.82, 2.24) is 4.98 Å². The highest BCUT2D eigenvalue weighted by Crippen LogP contribution is 2.22. The predicted molar refractivity (Wildman–Crippen MR) is 72.2 cm³/mol. The maximum Gasteiger partial charge on any atom is 0.213 e. The molecule has 1 atom stereocenters. The molecule has 0 bridgehead atoms. The van der Waals surface area contributed by atoms with Crippen LogP contribution >= 0.6 is 0 Å². The van der Waals surface area contributed by atoms with Gasteiger partial charge in [0.15, 0.2) is 0 Å². The lowest BCUT2D eigenvalue weighted by Crippen LogP contribution is -2.01. The Morgan fingerprint density at radius 1 is 1.30 bits per heavy atom. The summed E-state index contributed by atoms with van der Waals surface area (Å²) in [6.07, 6.45) is -0.843. The van der Waals surface area contributed by atoms with Gasteiger partial charge in [-0.2, -0.15) is 0 Å². The lowest BCUT2D eigenvalue weighted by Gasteiger charge is -2.10. The van der Waals surface area contributed by atoms with E-state index < -0.39 is 11.9 Å². The van der Waals surface area contributed by atoms with Crippen molar-refractivity contribution in [1.29, 1.82) is 0 Å². The monoisotopic (exact) mass is 277 g/mol. The Hall–Kier alpha value is -2.14. The first-order valence-corrected chi connectivity index (χ1v) is 6.20. The highest BCUT2D eigenvalue weighted by molar-refractivity contribution is 5.30. The van der Waals surface area contributed by atoms with Crippen LogP contribution in [-0.2, 0) is 6.61 Å². The fourth-order valence-corrected chi connectivity index (χ4v) is 1.75. The van der Waals surface area contributed by atoms with Crippen molar-refractivity contribution in [2.45, 2.75) is 19.6 Å². The topological polar surface area (TPSA) is 51.6 Å². The van der Waals surface area contributed by atoms with E-state index in [1.165, 1.54) is 26.2 Å². The molecule has 5 heteroatoms. The van der Waals surface area contributed by atoms with Crippen LogP contribution in [0.5, 0.6) is 11.6 Å². The second-order valence-electron chi connectivity index (χ2n) is 4.32. The third-order valence-corrected chi connectivity index (χ3v) is 2.80. The third-order valence-electron chi connectivity index (χ3n) is 2.80. The highest BCUT2D eigenvalue weighted by Gasteiger charge is 2.09. The Morgan fingerprint density at radius 3 is 2.75 bits per heavy atom. The number of aliphatic hydroxyl groups excluding tert-OH is 1. The summed E-state index contributed by atoms with van der Waals surface area (Å²) >= 11 is 0. The predicted octanol–water partition coefficient (Wildman–Crippen LogP) is 2.86. The molecule has 1 aromatic carbocycles. The third kappa shape index (κ3) is 3.45. The number of aromatic nitrogens is 1. The number of hydrogen-bond donors (Lipinski definition) is 1. The number of ether oxygens (including phenoxy) is 2. The standard InChI is InChI=1S/C15H16FNO3/c1-10(18)13-7-6-12(8-14(13)16)20-9-11-4-3-5-15(17-11)19-2/h3-8,10,18H,9H2,1-2H3/t10-/m1/s1. The molecule has 0 saturated carbocycles. The summed E-state index contributed by atoms with van der Waals surface area (Å²) in [4.78, 5) is 4.19. The van der Waals surface area contributed by atoms with E-state index in [-0.39, 0.29) is 12.2 Å². The number of nitrogens with zero attached hydrogens (tertiary/aromatic N) is 1. The maximum absolute atomic E-state index is 13.7. The summed E-state index contributed by atoms with van der Waals surface area (Å²) in [6, 6.07) is 9.72. The zero-order chi connectivity index (χ0) is 14.5. The van der Waals surface area contributed by atoms with Gasteiger partial charge in [0.05, 0.1) is 18.9 Å². The van der Waals surface area contributed by atoms with E-state index in [0.717, 1.165) is 0 Å². The first kappa shape index (κ1) is 14.3. The Kier molecular flexibility index (Phi) is 4.53. The first-order valence-electron chi connectivity index (χ1n) is 6.20. The lowest BCUT2D eigenvalue weighted by molar-refractivity contribution is 0.193. The normalized spacial score (nSPS) is 12.0. The fraction of sp³-hybridized carbons (Fsp3) is 0.267. The second kappa shape index (κ2) is 6.34. The molecule has 1 N–H and O–H groups in total. The Bertz CT molecular complexity index is 587. The van der Waals surface area contributed by atoms with Gasteiger partial charge < -0.3 is 14.6 Å². The molecule has 0 amide bonds. The molecule has 0 aliphatic rings. The molecule has 1 aromatic heterocycles. The van der Waals surface area contributed by atoms with Gasteiger partial charge in [0.1, 0.15) is 18.2 Å². The van der Waals surface area contributed by atoms with E-state index >= 15 is 0 Å². The van der Waals surface area contributed by atoms with Crippen LogP contribution in [0.3, 0.4) is 0 Å². The van der Waals surface area contributed by atoms with E-state index in [1.54, 1.807) is 18.2 Å². The van der Waals surface area contributed by atoms with Crippen molar-refractivity contribution in [2.24, 2.45) is 0 Å². The van der Waals surface area contributed by atoms with E-state index in [2.05, 4.69) is 4.98 Å². The minimum absolute atomic E-state index is 0.213. The molecular weight excluding hydrogens is 261 g/mol. The van der Waals surface area contributed by atoms with Crippen molar-refractivity contribution < 1.29 is 19.0 Å². The SMILES string of the molecule is COc1cccc(COc2ccc([C@@H](C)O)c(F)c2)n1. The molecule has 4 nitrogen and oxygen atoms in total. The van der Waals surface area contributed by atoms with E-state index in [0.29, 0.717) is 17.3 Å². The zero-order valence-electron chi connectivity index (χ0n) is 11.3. The molecule has 0 aliphatic heterocycles. The van der Waals surface area contributed by atoms with Crippen molar-refractivity contribution in [3.8, 4) is 11.6 Å². The van der Waals surface area contributed by atoms with E-state index in [9.17, 15) is 9.50 Å². The van der Waals surface area contributed by atoms with Crippen molar-refractivity contribution in [3.63, 3.8) is 0 Å². The Balaban J connectivity index is 2.05. The molecule has 2 aromatic rings. The fourth-order valence-electron chi connectivity index (χ4n) is 1.75. The summed E-state index contributed by atoms with van der Waals surface area (Å²) in [7, 11) is 1.54. The minimum Gasteiger partial charge on any atom is -0.487 e. The van der Waals surface area contributed by atoms with Crippen LogP contribution in [0.15, 0.2) is 36.4 Å². The molecule has 2 rings (SSSR count). The summed E-state index contributed by atoms with van der Waals surface area (Å²) in [5.74, 6) is 0.398. The van der Waals surface area contributed by atoms with Crippen molar-refractivity contribution >= 4 is 0 Å². The van der Waals surface area contributed by atoms with Crippen LogP contribution in [0, 0.1) is 5.82 Å². The molecule has 0 spiro atoms. The van der Waals surface area contributed by atoms with E-state index in [4.69, 9.17) is 9.47 Å². The number of hydrogen-bond acceptors (Lipinski definition) is 4. The molecule has 1 heterocycles. The summed E-state index contributed by atoms with van der Waals surface area (Å²) < 4.78 is 24.2. The van der Waals surface area contributed by atoms with Gasteiger partial charge in [-0.05, 0) is 25.1 Å². The highest BCUT2D eigenvalue weighted by atomic mass is 19.1. The molecule has 0 saturated heterocycles. The smallest absolute Gasteiger partial charge is 0.213 e. The number of aliphatic hydroxyl groups is 1. The summed E-state index contributed by atoms with van der Waals surface area (Å²) in [5.41, 5.74) is 0.932. The van der Waals surface area contributed by atoms with Gasteiger partial charge in [-0.25, -0.2) is 9.37 Å². The maximum atomic E-state index is 13.7. The van der Waals surface area contributed by atoms with Gasteiger partial charge in [0.2, 0.25) is 5.88 Å². The van der Waals surface area contributed by atoms with Crippen LogP contribution < -0.4 is 9.47 Å². The van der Waals surface area contributed by atoms with Gasteiger partial charge in [-0.3, -0.25) is 0 Å². The van der Waals surface area contributed by atoms with Crippen LogP contribution in [-0.4, -0.2) is 17.2 Å². The molecule has 0 fully saturated rings. The quantitative estimate of drug-likeness (QED) is 0.913. The van der Waals surface area contributed by atoms with Gasteiger partial charge in [-0.15, -0.1) is 0 Å². The first-order chi connectivity index (χ1) is 9.60. The van der Waals surface area contributed by atoms with Gasteiger partial charge in [-0.1, -0.05) is 6.07 Å². The van der Waals surface area contributed by atoms with Gasteiger partial charge in [0, 0.05) is 17.7 Å². The van der Waals surface area contributed by atoms with Crippen LogP contribution in [0.2, 0.25) is 0 Å². The number of pyridine rings is 1. The lowest BCUT2D eigenvalue weighted by atomic mass is 10.1. The van der Waals surface area contributed by atoms with Crippen LogP contribution in [0.1, 0.15) is 24.3 Å². The minimum atomic E-state index is -0.843. The molecule has 0 aliphatic carbocycles. The average molecular weight is 277 g/mol.